The molecule has 7 heteroatoms. The van der Waals surface area contributed by atoms with E-state index in [1.807, 2.05) is 24.3 Å². The van der Waals surface area contributed by atoms with Crippen molar-refractivity contribution in [3.63, 3.8) is 0 Å². The fourth-order valence-electron chi connectivity index (χ4n) is 3.60. The highest BCUT2D eigenvalue weighted by Gasteiger charge is 2.27. The van der Waals surface area contributed by atoms with Crippen LogP contribution in [0.15, 0.2) is 48.5 Å². The Morgan fingerprint density at radius 2 is 1.71 bits per heavy atom. The minimum Gasteiger partial charge on any atom is -0.484 e. The van der Waals surface area contributed by atoms with Crippen molar-refractivity contribution in [3.8, 4) is 5.75 Å². The molecule has 164 valence electrons. The Hall–Kier alpha value is -3.35. The number of ether oxygens (including phenoxy) is 1. The summed E-state index contributed by atoms with van der Waals surface area (Å²) in [5.41, 5.74) is 7.42. The summed E-state index contributed by atoms with van der Waals surface area (Å²) in [6.07, 6.45) is 1.11. The van der Waals surface area contributed by atoms with Crippen molar-refractivity contribution in [2.45, 2.75) is 32.6 Å². The predicted octanol–water partition coefficient (Wildman–Crippen LogP) is 3.17. The van der Waals surface area contributed by atoms with E-state index in [-0.39, 0.29) is 30.2 Å². The topological polar surface area (TPSA) is 102 Å². The molecule has 0 unspecified atom stereocenters. The third kappa shape index (κ3) is 5.84. The predicted molar refractivity (Wildman–Crippen MR) is 119 cm³/mol. The van der Waals surface area contributed by atoms with Crippen LogP contribution in [0, 0.1) is 5.92 Å². The Kier molecular flexibility index (Phi) is 7.28. The quantitative estimate of drug-likeness (QED) is 0.714. The number of carbonyl (C=O) groups excluding carboxylic acids is 3. The van der Waals surface area contributed by atoms with Crippen LogP contribution in [0.4, 0.5) is 5.69 Å². The molecule has 1 heterocycles. The van der Waals surface area contributed by atoms with Crippen molar-refractivity contribution >= 4 is 23.4 Å². The van der Waals surface area contributed by atoms with E-state index >= 15 is 0 Å². The molecule has 3 rings (SSSR count). The molecule has 0 saturated carbocycles. The van der Waals surface area contributed by atoms with Crippen LogP contribution < -0.4 is 15.8 Å². The molecule has 1 saturated heterocycles. The van der Waals surface area contributed by atoms with E-state index in [4.69, 9.17) is 10.5 Å². The fourth-order valence-corrected chi connectivity index (χ4v) is 3.60. The van der Waals surface area contributed by atoms with E-state index in [9.17, 15) is 14.4 Å². The first kappa shape index (κ1) is 22.3. The second-order valence-corrected chi connectivity index (χ2v) is 8.08. The van der Waals surface area contributed by atoms with Gasteiger partial charge in [0.1, 0.15) is 5.75 Å². The van der Waals surface area contributed by atoms with Crippen LogP contribution in [0.3, 0.4) is 0 Å². The number of carbonyl (C=O) groups is 3. The molecule has 1 aliphatic rings. The normalized spacial score (nSPS) is 14.4. The van der Waals surface area contributed by atoms with Crippen LogP contribution in [-0.4, -0.2) is 42.3 Å². The first-order valence-corrected chi connectivity index (χ1v) is 10.6. The van der Waals surface area contributed by atoms with Crippen molar-refractivity contribution < 1.29 is 19.1 Å². The van der Waals surface area contributed by atoms with Crippen LogP contribution in [0.2, 0.25) is 0 Å². The molecule has 1 aliphatic heterocycles. The minimum absolute atomic E-state index is 0.159. The number of amides is 3. The zero-order valence-electron chi connectivity index (χ0n) is 18.0. The summed E-state index contributed by atoms with van der Waals surface area (Å²) in [7, 11) is 0. The van der Waals surface area contributed by atoms with Crippen molar-refractivity contribution in [2.75, 3.05) is 25.0 Å². The number of primary amides is 1. The van der Waals surface area contributed by atoms with Crippen LogP contribution in [0.5, 0.6) is 5.75 Å². The SMILES string of the molecule is CC(C)c1ccc(OCC(=O)Nc2ccccc2C(=O)N2CCC(C(N)=O)CC2)cc1. The van der Waals surface area contributed by atoms with Gasteiger partial charge in [-0.3, -0.25) is 14.4 Å². The van der Waals surface area contributed by atoms with Crippen LogP contribution in [0.25, 0.3) is 0 Å². The first-order valence-electron chi connectivity index (χ1n) is 10.6. The number of rotatable bonds is 7. The maximum Gasteiger partial charge on any atom is 0.262 e. The molecule has 3 N–H and O–H groups in total. The summed E-state index contributed by atoms with van der Waals surface area (Å²) in [5, 5.41) is 2.77. The first-order chi connectivity index (χ1) is 14.8. The average molecular weight is 424 g/mol. The summed E-state index contributed by atoms with van der Waals surface area (Å²) in [6.45, 7) is 4.99. The Labute approximate surface area is 182 Å². The number of likely N-dealkylation sites (tertiary alicyclic amines) is 1. The van der Waals surface area contributed by atoms with Gasteiger partial charge in [-0.25, -0.2) is 0 Å². The zero-order valence-corrected chi connectivity index (χ0v) is 18.0. The molecule has 3 amide bonds. The summed E-state index contributed by atoms with van der Waals surface area (Å²) >= 11 is 0. The van der Waals surface area contributed by atoms with E-state index in [2.05, 4.69) is 19.2 Å². The number of para-hydroxylation sites is 1. The summed E-state index contributed by atoms with van der Waals surface area (Å²) < 4.78 is 5.57. The van der Waals surface area contributed by atoms with Gasteiger partial charge in [-0.15, -0.1) is 0 Å². The lowest BCUT2D eigenvalue weighted by atomic mass is 9.95. The summed E-state index contributed by atoms with van der Waals surface area (Å²) in [5.74, 6) is 0.00296. The van der Waals surface area contributed by atoms with Gasteiger partial charge in [-0.05, 0) is 48.6 Å². The lowest BCUT2D eigenvalue weighted by molar-refractivity contribution is -0.123. The lowest BCUT2D eigenvalue weighted by Gasteiger charge is -2.31. The maximum absolute atomic E-state index is 13.0. The number of nitrogens with two attached hydrogens (primary N) is 1. The smallest absolute Gasteiger partial charge is 0.262 e. The van der Waals surface area contributed by atoms with Crippen molar-refractivity contribution in [1.82, 2.24) is 4.90 Å². The molecule has 0 spiro atoms. The minimum atomic E-state index is -0.347. The lowest BCUT2D eigenvalue weighted by Crippen LogP contribution is -2.42. The maximum atomic E-state index is 13.0. The van der Waals surface area contributed by atoms with Gasteiger partial charge in [-0.1, -0.05) is 38.1 Å². The molecule has 0 atom stereocenters. The van der Waals surface area contributed by atoms with E-state index < -0.39 is 0 Å². The molecule has 2 aromatic carbocycles. The van der Waals surface area contributed by atoms with Crippen molar-refractivity contribution in [2.24, 2.45) is 11.7 Å². The summed E-state index contributed by atoms with van der Waals surface area (Å²) in [4.78, 5) is 38.4. The Morgan fingerprint density at radius 1 is 1.06 bits per heavy atom. The highest BCUT2D eigenvalue weighted by atomic mass is 16.5. The molecular weight excluding hydrogens is 394 g/mol. The molecule has 31 heavy (non-hydrogen) atoms. The zero-order chi connectivity index (χ0) is 22.4. The third-order valence-corrected chi connectivity index (χ3v) is 5.53. The molecule has 1 fully saturated rings. The number of nitrogens with one attached hydrogen (secondary N) is 1. The molecule has 0 radical (unpaired) electrons. The number of benzene rings is 2. The number of nitrogens with zero attached hydrogens (tertiary/aromatic N) is 1. The number of hydrogen-bond donors (Lipinski definition) is 2. The van der Waals surface area contributed by atoms with E-state index in [0.29, 0.717) is 48.8 Å². The van der Waals surface area contributed by atoms with Crippen molar-refractivity contribution in [1.29, 1.82) is 0 Å². The third-order valence-electron chi connectivity index (χ3n) is 5.53. The number of anilines is 1. The van der Waals surface area contributed by atoms with Gasteiger partial charge in [0.05, 0.1) is 11.3 Å². The molecular formula is C24H29N3O4. The van der Waals surface area contributed by atoms with Crippen molar-refractivity contribution in [3.05, 3.63) is 59.7 Å². The largest absolute Gasteiger partial charge is 0.484 e. The van der Waals surface area contributed by atoms with Gasteiger partial charge < -0.3 is 20.7 Å². The molecule has 7 nitrogen and oxygen atoms in total. The number of piperidine rings is 1. The van der Waals surface area contributed by atoms with E-state index in [1.54, 1.807) is 29.2 Å². The second kappa shape index (κ2) is 10.1. The highest BCUT2D eigenvalue weighted by molar-refractivity contribution is 6.04. The molecule has 0 aliphatic carbocycles. The molecule has 0 aromatic heterocycles. The van der Waals surface area contributed by atoms with Crippen LogP contribution in [-0.2, 0) is 9.59 Å². The van der Waals surface area contributed by atoms with Gasteiger partial charge in [0, 0.05) is 19.0 Å². The highest BCUT2D eigenvalue weighted by Crippen LogP contribution is 2.23. The van der Waals surface area contributed by atoms with Crippen LogP contribution >= 0.6 is 0 Å². The Balaban J connectivity index is 1.59. The monoisotopic (exact) mass is 423 g/mol. The Morgan fingerprint density at radius 3 is 2.32 bits per heavy atom. The van der Waals surface area contributed by atoms with Gasteiger partial charge in [0.25, 0.3) is 11.8 Å². The van der Waals surface area contributed by atoms with E-state index in [1.165, 1.54) is 5.56 Å². The Bertz CT molecular complexity index is 932. The molecule has 2 aromatic rings. The number of hydrogen-bond acceptors (Lipinski definition) is 4. The second-order valence-electron chi connectivity index (χ2n) is 8.08. The van der Waals surface area contributed by atoms with Gasteiger partial charge in [0.2, 0.25) is 5.91 Å². The van der Waals surface area contributed by atoms with Crippen LogP contribution in [0.1, 0.15) is 48.5 Å². The van der Waals surface area contributed by atoms with Gasteiger partial charge in [-0.2, -0.15) is 0 Å². The molecule has 0 bridgehead atoms. The fraction of sp³-hybridized carbons (Fsp3) is 0.375. The van der Waals surface area contributed by atoms with Gasteiger partial charge >= 0.3 is 0 Å². The van der Waals surface area contributed by atoms with Gasteiger partial charge in [0.15, 0.2) is 6.61 Å². The average Bonchev–Trinajstić information content (AvgIpc) is 2.78. The standard InChI is InChI=1S/C24H29N3O4/c1-16(2)17-7-9-19(10-8-17)31-15-22(28)26-21-6-4-3-5-20(21)24(30)27-13-11-18(12-14-27)23(25)29/h3-10,16,18H,11-15H2,1-2H3,(H2,25,29)(H,26,28). The van der Waals surface area contributed by atoms with E-state index in [0.717, 1.165) is 0 Å². The summed E-state index contributed by atoms with van der Waals surface area (Å²) in [6, 6.07) is 14.5.